The quantitative estimate of drug-likeness (QED) is 0.890. The third-order valence-corrected chi connectivity index (χ3v) is 3.24. The maximum Gasteiger partial charge on any atom is 0.224 e. The van der Waals surface area contributed by atoms with Crippen LogP contribution in [-0.4, -0.2) is 18.5 Å². The Labute approximate surface area is 117 Å². The summed E-state index contributed by atoms with van der Waals surface area (Å²) >= 11 is 0. The Hall–Kier alpha value is -1.20. The van der Waals surface area contributed by atoms with Gasteiger partial charge >= 0.3 is 0 Å². The molecule has 1 amide bonds. The molecule has 1 saturated carbocycles. The number of hydrogen-bond donors (Lipinski definition) is 2. The van der Waals surface area contributed by atoms with E-state index >= 15 is 0 Å². The van der Waals surface area contributed by atoms with Crippen molar-refractivity contribution >= 4 is 18.3 Å². The predicted octanol–water partition coefficient (Wildman–Crippen LogP) is 1.95. The van der Waals surface area contributed by atoms with Crippen LogP contribution >= 0.6 is 12.4 Å². The van der Waals surface area contributed by atoms with Crippen LogP contribution in [-0.2, 0) is 4.79 Å². The van der Waals surface area contributed by atoms with Crippen molar-refractivity contribution in [2.75, 3.05) is 6.54 Å². The van der Waals surface area contributed by atoms with Crippen molar-refractivity contribution in [1.82, 2.24) is 5.32 Å². The van der Waals surface area contributed by atoms with E-state index in [1.54, 1.807) is 6.92 Å². The lowest BCUT2D eigenvalue weighted by Crippen LogP contribution is -2.38. The first-order valence-electron chi connectivity index (χ1n) is 5.99. The molecule has 1 aliphatic carbocycles. The van der Waals surface area contributed by atoms with E-state index in [1.165, 1.54) is 18.2 Å². The van der Waals surface area contributed by atoms with Crippen molar-refractivity contribution < 1.29 is 13.6 Å². The van der Waals surface area contributed by atoms with E-state index in [1.807, 2.05) is 0 Å². The molecule has 1 aromatic carbocycles. The first-order chi connectivity index (χ1) is 8.54. The van der Waals surface area contributed by atoms with Gasteiger partial charge in [-0.05, 0) is 25.5 Å². The molecule has 6 heteroatoms. The van der Waals surface area contributed by atoms with Gasteiger partial charge in [-0.25, -0.2) is 8.78 Å². The molecule has 106 valence electrons. The lowest BCUT2D eigenvalue weighted by molar-refractivity contribution is -0.122. The van der Waals surface area contributed by atoms with Crippen LogP contribution in [0.15, 0.2) is 18.2 Å². The summed E-state index contributed by atoms with van der Waals surface area (Å²) in [4.78, 5) is 11.8. The minimum Gasteiger partial charge on any atom is -0.352 e. The average Bonchev–Trinajstić information content (AvgIpc) is 3.08. The van der Waals surface area contributed by atoms with Gasteiger partial charge in [0.05, 0.1) is 0 Å². The van der Waals surface area contributed by atoms with Crippen LogP contribution in [0.4, 0.5) is 8.78 Å². The number of rotatable bonds is 4. The van der Waals surface area contributed by atoms with E-state index in [2.05, 4.69) is 5.32 Å². The van der Waals surface area contributed by atoms with Gasteiger partial charge in [0.2, 0.25) is 5.91 Å². The highest BCUT2D eigenvalue weighted by molar-refractivity contribution is 5.85. The molecule has 0 spiro atoms. The van der Waals surface area contributed by atoms with Crippen LogP contribution in [0.3, 0.4) is 0 Å². The molecule has 1 fully saturated rings. The van der Waals surface area contributed by atoms with Crippen LogP contribution in [0.5, 0.6) is 0 Å². The molecular formula is C13H17ClF2N2O. The Morgan fingerprint density at radius 3 is 2.58 bits per heavy atom. The normalized spacial score (nSPS) is 22.3. The van der Waals surface area contributed by atoms with Crippen molar-refractivity contribution in [3.05, 3.63) is 35.4 Å². The molecular weight excluding hydrogens is 274 g/mol. The standard InChI is InChI=1S/C13H16F2N2O.ClH/c1-7(6-16)17-13(18)9-5-8(9)12-10(14)3-2-4-11(12)15;/h2-4,7-9H,5-6,16H2,1H3,(H,17,18);1H/t7-,8?,9?;/m0./s1. The summed E-state index contributed by atoms with van der Waals surface area (Å²) in [5.41, 5.74) is 5.43. The van der Waals surface area contributed by atoms with Crippen LogP contribution in [0, 0.1) is 17.6 Å². The van der Waals surface area contributed by atoms with Crippen molar-refractivity contribution in [3.63, 3.8) is 0 Å². The summed E-state index contributed by atoms with van der Waals surface area (Å²) < 4.78 is 27.0. The zero-order valence-electron chi connectivity index (χ0n) is 10.5. The molecule has 3 atom stereocenters. The number of nitrogens with one attached hydrogen (secondary N) is 1. The smallest absolute Gasteiger partial charge is 0.224 e. The van der Waals surface area contributed by atoms with E-state index in [9.17, 15) is 13.6 Å². The zero-order chi connectivity index (χ0) is 13.3. The molecule has 0 aliphatic heterocycles. The van der Waals surface area contributed by atoms with E-state index in [0.29, 0.717) is 13.0 Å². The Kier molecular flexibility index (Phi) is 5.26. The van der Waals surface area contributed by atoms with Gasteiger partial charge < -0.3 is 11.1 Å². The summed E-state index contributed by atoms with van der Waals surface area (Å²) in [7, 11) is 0. The molecule has 19 heavy (non-hydrogen) atoms. The largest absolute Gasteiger partial charge is 0.352 e. The number of carbonyl (C=O) groups excluding carboxylic acids is 1. The molecule has 1 aromatic rings. The van der Waals surface area contributed by atoms with Gasteiger partial charge in [-0.2, -0.15) is 0 Å². The van der Waals surface area contributed by atoms with Crippen molar-refractivity contribution in [1.29, 1.82) is 0 Å². The van der Waals surface area contributed by atoms with Crippen molar-refractivity contribution in [2.24, 2.45) is 11.7 Å². The minimum atomic E-state index is -0.581. The van der Waals surface area contributed by atoms with Gasteiger partial charge in [-0.15, -0.1) is 12.4 Å². The minimum absolute atomic E-state index is 0. The Balaban J connectivity index is 0.00000180. The topological polar surface area (TPSA) is 55.1 Å². The van der Waals surface area contributed by atoms with E-state index in [4.69, 9.17) is 5.73 Å². The van der Waals surface area contributed by atoms with Crippen LogP contribution in [0.1, 0.15) is 24.8 Å². The Morgan fingerprint density at radius 2 is 2.05 bits per heavy atom. The van der Waals surface area contributed by atoms with E-state index in [0.717, 1.165) is 0 Å². The lowest BCUT2D eigenvalue weighted by atomic mass is 10.1. The van der Waals surface area contributed by atoms with Gasteiger partial charge in [-0.3, -0.25) is 4.79 Å². The SMILES string of the molecule is C[C@@H](CN)NC(=O)C1CC1c1c(F)cccc1F.Cl. The first-order valence-corrected chi connectivity index (χ1v) is 5.99. The van der Waals surface area contributed by atoms with Crippen LogP contribution in [0.2, 0.25) is 0 Å². The summed E-state index contributed by atoms with van der Waals surface area (Å²) in [5.74, 6) is -2.04. The third kappa shape index (κ3) is 3.42. The fourth-order valence-corrected chi connectivity index (χ4v) is 2.08. The second kappa shape index (κ2) is 6.30. The molecule has 3 nitrogen and oxygen atoms in total. The highest BCUT2D eigenvalue weighted by Crippen LogP contribution is 2.49. The number of hydrogen-bond acceptors (Lipinski definition) is 2. The number of carbonyl (C=O) groups is 1. The molecule has 0 heterocycles. The van der Waals surface area contributed by atoms with Gasteiger partial charge in [0.15, 0.2) is 0 Å². The van der Waals surface area contributed by atoms with Crippen molar-refractivity contribution in [2.45, 2.75) is 25.3 Å². The summed E-state index contributed by atoms with van der Waals surface area (Å²) in [6.07, 6.45) is 0.487. The number of halogens is 3. The highest BCUT2D eigenvalue weighted by Gasteiger charge is 2.46. The van der Waals surface area contributed by atoms with Gasteiger partial charge in [0.25, 0.3) is 0 Å². The zero-order valence-corrected chi connectivity index (χ0v) is 11.3. The number of nitrogens with two attached hydrogens (primary N) is 1. The summed E-state index contributed by atoms with van der Waals surface area (Å²) in [6, 6.07) is 3.63. The number of benzene rings is 1. The molecule has 3 N–H and O–H groups in total. The number of amides is 1. The lowest BCUT2D eigenvalue weighted by Gasteiger charge is -2.11. The maximum absolute atomic E-state index is 13.5. The molecule has 0 radical (unpaired) electrons. The van der Waals surface area contributed by atoms with E-state index in [-0.39, 0.29) is 41.8 Å². The summed E-state index contributed by atoms with van der Waals surface area (Å²) in [5, 5.41) is 2.72. The van der Waals surface area contributed by atoms with Crippen LogP contribution < -0.4 is 11.1 Å². The summed E-state index contributed by atoms with van der Waals surface area (Å²) in [6.45, 7) is 2.14. The second-order valence-electron chi connectivity index (χ2n) is 4.73. The average molecular weight is 291 g/mol. The Bertz CT molecular complexity index is 450. The third-order valence-electron chi connectivity index (χ3n) is 3.24. The van der Waals surface area contributed by atoms with E-state index < -0.39 is 11.6 Å². The Morgan fingerprint density at radius 1 is 1.47 bits per heavy atom. The molecule has 2 unspecified atom stereocenters. The van der Waals surface area contributed by atoms with Crippen molar-refractivity contribution in [3.8, 4) is 0 Å². The van der Waals surface area contributed by atoms with Gasteiger partial charge in [0.1, 0.15) is 11.6 Å². The fraction of sp³-hybridized carbons (Fsp3) is 0.462. The molecule has 0 bridgehead atoms. The molecule has 1 aliphatic rings. The maximum atomic E-state index is 13.5. The second-order valence-corrected chi connectivity index (χ2v) is 4.73. The van der Waals surface area contributed by atoms with Gasteiger partial charge in [-0.1, -0.05) is 6.07 Å². The van der Waals surface area contributed by atoms with Gasteiger partial charge in [0, 0.05) is 30.0 Å². The molecule has 2 rings (SSSR count). The first kappa shape index (κ1) is 15.9. The monoisotopic (exact) mass is 290 g/mol. The van der Waals surface area contributed by atoms with Crippen LogP contribution in [0.25, 0.3) is 0 Å². The highest BCUT2D eigenvalue weighted by atomic mass is 35.5. The fourth-order valence-electron chi connectivity index (χ4n) is 2.08. The molecule has 0 saturated heterocycles. The molecule has 0 aromatic heterocycles. The predicted molar refractivity (Wildman–Crippen MR) is 71.1 cm³/mol.